The third-order valence-electron chi connectivity index (χ3n) is 6.23. The van der Waals surface area contributed by atoms with Crippen molar-refractivity contribution in [2.45, 2.75) is 75.3 Å². The Labute approximate surface area is 177 Å². The van der Waals surface area contributed by atoms with E-state index in [1.165, 1.54) is 27.8 Å². The van der Waals surface area contributed by atoms with Gasteiger partial charge in [-0.05, 0) is 63.5 Å². The fourth-order valence-corrected chi connectivity index (χ4v) is 7.79. The molecule has 0 bridgehead atoms. The summed E-state index contributed by atoms with van der Waals surface area (Å²) in [5.41, 5.74) is 0. The van der Waals surface area contributed by atoms with Gasteiger partial charge in [0.05, 0.1) is 4.75 Å². The second kappa shape index (κ2) is 7.66. The number of amides is 1. The minimum atomic E-state index is -0.329. The smallest absolute Gasteiger partial charge is 0.253 e. The lowest BCUT2D eigenvalue weighted by atomic mass is 9.95. The van der Waals surface area contributed by atoms with Crippen molar-refractivity contribution in [3.8, 4) is 0 Å². The Morgan fingerprint density at radius 1 is 1.14 bits per heavy atom. The zero-order valence-electron chi connectivity index (χ0n) is 17.5. The van der Waals surface area contributed by atoms with Gasteiger partial charge in [-0.1, -0.05) is 38.0 Å². The Morgan fingerprint density at radius 2 is 1.86 bits per heavy atom. The van der Waals surface area contributed by atoms with Crippen molar-refractivity contribution in [2.75, 3.05) is 13.1 Å². The Kier molecular flexibility index (Phi) is 5.54. The maximum Gasteiger partial charge on any atom is 0.253 e. The van der Waals surface area contributed by atoms with Crippen LogP contribution in [0.3, 0.4) is 0 Å². The number of benzene rings is 1. The van der Waals surface area contributed by atoms with E-state index in [0.29, 0.717) is 5.92 Å². The molecule has 1 amide bonds. The van der Waals surface area contributed by atoms with E-state index >= 15 is 0 Å². The van der Waals surface area contributed by atoms with Gasteiger partial charge in [0.15, 0.2) is 0 Å². The van der Waals surface area contributed by atoms with Gasteiger partial charge in [0.2, 0.25) is 0 Å². The molecule has 1 aromatic heterocycles. The number of thiophene rings is 1. The number of unbranched alkanes of at least 4 members (excludes halogenated alkanes) is 1. The molecule has 2 saturated heterocycles. The minimum Gasteiger partial charge on any atom is -0.272 e. The monoisotopic (exact) mass is 416 g/mol. The number of rotatable bonds is 5. The van der Waals surface area contributed by atoms with E-state index in [-0.39, 0.29) is 15.5 Å². The van der Waals surface area contributed by atoms with Crippen molar-refractivity contribution in [2.24, 2.45) is 0 Å². The number of carbonyl (C=O) groups is 1. The number of piperidine rings is 1. The first kappa shape index (κ1) is 20.2. The largest absolute Gasteiger partial charge is 0.272 e. The normalized spacial score (nSPS) is 26.4. The molecule has 0 spiro atoms. The maximum absolute atomic E-state index is 13.2. The fourth-order valence-electron chi connectivity index (χ4n) is 4.75. The number of hydrogen-bond acceptors (Lipinski definition) is 4. The van der Waals surface area contributed by atoms with Crippen LogP contribution in [0.25, 0.3) is 10.1 Å². The van der Waals surface area contributed by atoms with Crippen molar-refractivity contribution < 1.29 is 4.79 Å². The highest BCUT2D eigenvalue weighted by molar-refractivity contribution is 8.03. The van der Waals surface area contributed by atoms with E-state index in [4.69, 9.17) is 0 Å². The summed E-state index contributed by atoms with van der Waals surface area (Å²) in [6.45, 7) is 10.6. The first-order valence-electron chi connectivity index (χ1n) is 10.6. The molecule has 0 aliphatic carbocycles. The van der Waals surface area contributed by atoms with Gasteiger partial charge < -0.3 is 0 Å². The van der Waals surface area contributed by atoms with Crippen LogP contribution >= 0.6 is 23.1 Å². The number of hydrogen-bond donors (Lipinski definition) is 0. The maximum atomic E-state index is 13.2. The quantitative estimate of drug-likeness (QED) is 0.575. The predicted molar refractivity (Wildman–Crippen MR) is 122 cm³/mol. The molecular weight excluding hydrogens is 384 g/mol. The van der Waals surface area contributed by atoms with Crippen LogP contribution in [0.1, 0.15) is 70.6 Å². The molecule has 2 aromatic rings. The number of thioether (sulfide) groups is 1. The van der Waals surface area contributed by atoms with Crippen molar-refractivity contribution in [3.63, 3.8) is 0 Å². The summed E-state index contributed by atoms with van der Waals surface area (Å²) < 4.78 is 1.06. The van der Waals surface area contributed by atoms with E-state index in [1.54, 1.807) is 0 Å². The van der Waals surface area contributed by atoms with Crippen molar-refractivity contribution in [3.05, 3.63) is 35.2 Å². The fraction of sp³-hybridized carbons (Fsp3) is 0.609. The van der Waals surface area contributed by atoms with Crippen LogP contribution in [0.15, 0.2) is 30.3 Å². The van der Waals surface area contributed by atoms with Gasteiger partial charge in [-0.15, -0.1) is 23.1 Å². The van der Waals surface area contributed by atoms with Gasteiger partial charge in [0, 0.05) is 22.7 Å². The number of fused-ring (bicyclic) bond motifs is 1. The molecule has 1 aromatic carbocycles. The van der Waals surface area contributed by atoms with Crippen LogP contribution in [-0.2, 0) is 4.79 Å². The summed E-state index contributed by atoms with van der Waals surface area (Å²) in [6, 6.07) is 11.1. The minimum absolute atomic E-state index is 0.110. The van der Waals surface area contributed by atoms with Crippen LogP contribution in [-0.4, -0.2) is 38.6 Å². The van der Waals surface area contributed by atoms with Crippen molar-refractivity contribution >= 4 is 39.1 Å². The molecule has 1 atom stereocenters. The first-order valence-corrected chi connectivity index (χ1v) is 12.3. The predicted octanol–water partition coefficient (Wildman–Crippen LogP) is 6.26. The van der Waals surface area contributed by atoms with E-state index < -0.39 is 0 Å². The van der Waals surface area contributed by atoms with Gasteiger partial charge in [-0.25, -0.2) is 5.01 Å². The Balaban J connectivity index is 1.49. The average Bonchev–Trinajstić information content (AvgIpc) is 3.17. The van der Waals surface area contributed by atoms with E-state index in [1.807, 2.05) is 23.1 Å². The first-order chi connectivity index (χ1) is 13.3. The molecule has 0 radical (unpaired) electrons. The SMILES string of the molecule is CCCCC1(C)SC(C)(C)C(=O)N1N1CCC(c2cc3ccccc3s2)CC1. The van der Waals surface area contributed by atoms with E-state index in [0.717, 1.165) is 32.4 Å². The highest BCUT2D eigenvalue weighted by Crippen LogP contribution is 2.51. The van der Waals surface area contributed by atoms with Gasteiger partial charge in [0.1, 0.15) is 4.87 Å². The van der Waals surface area contributed by atoms with Gasteiger partial charge >= 0.3 is 0 Å². The van der Waals surface area contributed by atoms with Crippen molar-refractivity contribution in [1.82, 2.24) is 10.0 Å². The number of hydrazine groups is 1. The number of carbonyl (C=O) groups excluding carboxylic acids is 1. The highest BCUT2D eigenvalue weighted by atomic mass is 32.2. The molecular formula is C23H32N2OS2. The van der Waals surface area contributed by atoms with Gasteiger partial charge in [-0.2, -0.15) is 0 Å². The van der Waals surface area contributed by atoms with Crippen LogP contribution in [0, 0.1) is 0 Å². The third kappa shape index (κ3) is 3.61. The van der Waals surface area contributed by atoms with Crippen LogP contribution in [0.4, 0.5) is 0 Å². The molecule has 0 saturated carbocycles. The second-order valence-corrected chi connectivity index (χ2v) is 12.1. The summed E-state index contributed by atoms with van der Waals surface area (Å²) in [4.78, 5) is 14.6. The Morgan fingerprint density at radius 3 is 2.54 bits per heavy atom. The number of nitrogens with zero attached hydrogens (tertiary/aromatic N) is 2. The lowest BCUT2D eigenvalue weighted by Gasteiger charge is -2.44. The Bertz CT molecular complexity index is 820. The van der Waals surface area contributed by atoms with Gasteiger partial charge in [0.25, 0.3) is 5.91 Å². The molecule has 2 aliphatic heterocycles. The topological polar surface area (TPSA) is 23.6 Å². The molecule has 5 heteroatoms. The summed E-state index contributed by atoms with van der Waals surface area (Å²) >= 11 is 3.80. The molecule has 1 unspecified atom stereocenters. The average molecular weight is 417 g/mol. The van der Waals surface area contributed by atoms with Crippen LogP contribution in [0.2, 0.25) is 0 Å². The van der Waals surface area contributed by atoms with Crippen molar-refractivity contribution in [1.29, 1.82) is 0 Å². The summed E-state index contributed by atoms with van der Waals surface area (Å²) in [6.07, 6.45) is 5.67. The van der Waals surface area contributed by atoms with Gasteiger partial charge in [-0.3, -0.25) is 9.80 Å². The molecule has 3 heterocycles. The third-order valence-corrected chi connectivity index (χ3v) is 9.01. The van der Waals surface area contributed by atoms with E-state index in [2.05, 4.69) is 68.0 Å². The lowest BCUT2D eigenvalue weighted by molar-refractivity contribution is -0.159. The van der Waals surface area contributed by atoms with E-state index in [9.17, 15) is 4.79 Å². The highest BCUT2D eigenvalue weighted by Gasteiger charge is 2.55. The molecule has 0 N–H and O–H groups in total. The zero-order valence-corrected chi connectivity index (χ0v) is 19.2. The molecule has 3 nitrogen and oxygen atoms in total. The standard InChI is InChI=1S/C23H32N2OS2/c1-5-6-13-23(4)25(21(26)22(2,3)28-23)24-14-11-17(12-15-24)20-16-18-9-7-8-10-19(18)27-20/h7-10,16-17H,5-6,11-15H2,1-4H3. The summed E-state index contributed by atoms with van der Waals surface area (Å²) in [5.74, 6) is 0.908. The van der Waals surface area contributed by atoms with Crippen LogP contribution < -0.4 is 0 Å². The molecule has 28 heavy (non-hydrogen) atoms. The molecule has 4 rings (SSSR count). The summed E-state index contributed by atoms with van der Waals surface area (Å²) in [7, 11) is 0. The molecule has 152 valence electrons. The molecule has 2 fully saturated rings. The van der Waals surface area contributed by atoms with Crippen LogP contribution in [0.5, 0.6) is 0 Å². The molecule has 2 aliphatic rings. The second-order valence-electron chi connectivity index (χ2n) is 8.92. The zero-order chi connectivity index (χ0) is 19.9. The summed E-state index contributed by atoms with van der Waals surface area (Å²) in [5, 5.41) is 5.88. The Hall–Kier alpha value is -1.04. The lowest BCUT2D eigenvalue weighted by Crippen LogP contribution is -2.56.